The van der Waals surface area contributed by atoms with E-state index in [-0.39, 0.29) is 48.8 Å². The van der Waals surface area contributed by atoms with Gasteiger partial charge in [0, 0.05) is 32.4 Å². The van der Waals surface area contributed by atoms with Crippen LogP contribution in [-0.4, -0.2) is 106 Å². The van der Waals surface area contributed by atoms with Gasteiger partial charge < -0.3 is 25.4 Å². The summed E-state index contributed by atoms with van der Waals surface area (Å²) in [4.78, 5) is 31.1. The van der Waals surface area contributed by atoms with E-state index in [0.717, 1.165) is 5.56 Å². The number of amides is 3. The first-order chi connectivity index (χ1) is 23.4. The molecule has 0 aliphatic carbocycles. The summed E-state index contributed by atoms with van der Waals surface area (Å²) in [7, 11) is -4.06. The highest BCUT2D eigenvalue weighted by atomic mass is 32.2. The molecule has 1 aromatic heterocycles. The van der Waals surface area contributed by atoms with E-state index < -0.39 is 34.1 Å². The summed E-state index contributed by atoms with van der Waals surface area (Å²) < 4.78 is 29.0. The zero-order valence-corrected chi connectivity index (χ0v) is 29.3. The Hall–Kier alpha value is -4.40. The lowest BCUT2D eigenvalue weighted by molar-refractivity contribution is -0.128. The monoisotopic (exact) mass is 693 g/mol. The van der Waals surface area contributed by atoms with Gasteiger partial charge in [0.2, 0.25) is 15.9 Å². The molecule has 0 radical (unpaired) electrons. The van der Waals surface area contributed by atoms with E-state index in [2.05, 4.69) is 20.7 Å². The maximum atomic E-state index is 14.2. The van der Waals surface area contributed by atoms with Gasteiger partial charge in [0.15, 0.2) is 0 Å². The number of nitrogens with zero attached hydrogens (tertiary/aromatic N) is 6. The van der Waals surface area contributed by atoms with E-state index in [1.54, 1.807) is 28.1 Å². The summed E-state index contributed by atoms with van der Waals surface area (Å²) in [6.07, 6.45) is 2.33. The van der Waals surface area contributed by atoms with Crippen molar-refractivity contribution in [1.82, 2.24) is 29.6 Å². The van der Waals surface area contributed by atoms with Crippen molar-refractivity contribution in [1.29, 1.82) is 0 Å². The number of rotatable bonds is 17. The highest BCUT2D eigenvalue weighted by Gasteiger charge is 2.41. The first kappa shape index (κ1) is 37.4. The van der Waals surface area contributed by atoms with Crippen molar-refractivity contribution in [2.24, 2.45) is 17.0 Å². The Balaban J connectivity index is 1.59. The highest BCUT2D eigenvalue weighted by molar-refractivity contribution is 7.89. The number of benzene rings is 2. The van der Waals surface area contributed by atoms with Crippen LogP contribution in [-0.2, 0) is 27.8 Å². The number of hydrogen-bond donors (Lipinski definition) is 3. The van der Waals surface area contributed by atoms with Gasteiger partial charge in [0.05, 0.1) is 35.5 Å². The number of oxime groups is 1. The Bertz CT molecular complexity index is 1640. The molecule has 2 heterocycles. The van der Waals surface area contributed by atoms with E-state index in [4.69, 9.17) is 5.21 Å². The van der Waals surface area contributed by atoms with Crippen molar-refractivity contribution in [2.75, 3.05) is 26.2 Å². The predicted molar refractivity (Wildman–Crippen MR) is 185 cm³/mol. The Morgan fingerprint density at radius 3 is 2.37 bits per heavy atom. The third-order valence-corrected chi connectivity index (χ3v) is 10.5. The third kappa shape index (κ3) is 9.83. The Morgan fingerprint density at radius 2 is 1.76 bits per heavy atom. The van der Waals surface area contributed by atoms with Crippen LogP contribution in [0, 0.1) is 11.8 Å². The first-order valence-corrected chi connectivity index (χ1v) is 18.0. The third-order valence-electron chi connectivity index (χ3n) is 8.67. The summed E-state index contributed by atoms with van der Waals surface area (Å²) in [5.41, 5.74) is 2.01. The van der Waals surface area contributed by atoms with Crippen molar-refractivity contribution in [3.8, 4) is 0 Å². The maximum Gasteiger partial charge on any atom is 0.321 e. The Kier molecular flexibility index (Phi) is 13.2. The fourth-order valence-corrected chi connectivity index (χ4v) is 7.55. The molecule has 13 nitrogen and oxygen atoms in total. The molecule has 0 unspecified atom stereocenters. The molecule has 0 bridgehead atoms. The van der Waals surface area contributed by atoms with Gasteiger partial charge in [-0.15, -0.1) is 0 Å². The van der Waals surface area contributed by atoms with Crippen LogP contribution in [0.1, 0.15) is 50.9 Å². The van der Waals surface area contributed by atoms with Crippen molar-refractivity contribution < 1.29 is 28.3 Å². The van der Waals surface area contributed by atoms with Crippen LogP contribution < -0.4 is 5.32 Å². The molecule has 1 fully saturated rings. The molecule has 1 saturated heterocycles. The first-order valence-electron chi connectivity index (χ1n) is 16.6. The number of nitrogens with one attached hydrogen (secondary N) is 1. The number of carbonyl (C=O) groups is 2. The Labute approximate surface area is 288 Å². The highest BCUT2D eigenvalue weighted by Crippen LogP contribution is 2.24. The summed E-state index contributed by atoms with van der Waals surface area (Å²) in [5, 5.41) is 34.6. The van der Waals surface area contributed by atoms with Crippen molar-refractivity contribution in [2.45, 2.75) is 70.2 Å². The number of carbonyl (C=O) groups excluding carboxylic acids is 2. The van der Waals surface area contributed by atoms with Crippen LogP contribution >= 0.6 is 0 Å². The molecule has 14 heteroatoms. The minimum atomic E-state index is -4.06. The minimum absolute atomic E-state index is 0.0227. The molecular formula is C35H47N7O6S. The van der Waals surface area contributed by atoms with E-state index in [1.807, 2.05) is 58.0 Å². The molecule has 2 aromatic carbocycles. The van der Waals surface area contributed by atoms with Crippen molar-refractivity contribution in [3.05, 3.63) is 89.7 Å². The predicted octanol–water partition coefficient (Wildman–Crippen LogP) is 3.37. The van der Waals surface area contributed by atoms with Crippen LogP contribution in [0.15, 0.2) is 83.0 Å². The molecular weight excluding hydrogens is 646 g/mol. The summed E-state index contributed by atoms with van der Waals surface area (Å²) in [5.74, 6) is -0.680. The van der Waals surface area contributed by atoms with Gasteiger partial charge in [-0.1, -0.05) is 81.7 Å². The van der Waals surface area contributed by atoms with E-state index in [1.165, 1.54) is 34.8 Å². The smallest absolute Gasteiger partial charge is 0.321 e. The molecule has 0 spiro atoms. The number of aromatic nitrogens is 2. The number of urea groups is 1. The average molecular weight is 694 g/mol. The molecule has 3 N–H and O–H groups in total. The molecule has 1 aliphatic heterocycles. The van der Waals surface area contributed by atoms with E-state index >= 15 is 0 Å². The number of hydrogen-bond acceptors (Lipinski definition) is 9. The second-order valence-corrected chi connectivity index (χ2v) is 14.8. The maximum absolute atomic E-state index is 14.2. The Morgan fingerprint density at radius 1 is 1.04 bits per heavy atom. The van der Waals surface area contributed by atoms with Crippen molar-refractivity contribution >= 4 is 28.2 Å². The zero-order valence-electron chi connectivity index (χ0n) is 28.5. The van der Waals surface area contributed by atoms with Gasteiger partial charge in [-0.2, -0.15) is 14.5 Å². The van der Waals surface area contributed by atoms with Crippen LogP contribution in [0.2, 0.25) is 0 Å². The molecule has 3 amide bonds. The van der Waals surface area contributed by atoms with E-state index in [9.17, 15) is 23.1 Å². The molecule has 1 aliphatic rings. The lowest BCUT2D eigenvalue weighted by Crippen LogP contribution is -2.57. The standard InChI is InChI=1S/C35H47N7O6S/c1-5-26(4)33(42-19-18-40(35(42)45)23-29-12-9-17-36-39-29)34(44)38-31(20-27-10-7-6-8-11-27)32(43)24-41(22-25(2)3)49(47,48)30-15-13-28(14-16-30)21-37-46/h6-17,21,25-26,31-33,43,46H,5,18-20,22-24H2,1-4H3,(H,38,44)/b37-21+/t26-,31-,32+,33-/m0/s1. The summed E-state index contributed by atoms with van der Waals surface area (Å²) in [6.45, 7) is 8.53. The summed E-state index contributed by atoms with van der Waals surface area (Å²) in [6, 6.07) is 16.8. The van der Waals surface area contributed by atoms with Crippen LogP contribution in [0.25, 0.3) is 0 Å². The second-order valence-electron chi connectivity index (χ2n) is 12.8. The molecule has 264 valence electrons. The number of sulfonamides is 1. The van der Waals surface area contributed by atoms with Gasteiger partial charge in [-0.3, -0.25) is 4.79 Å². The van der Waals surface area contributed by atoms with Crippen molar-refractivity contribution in [3.63, 3.8) is 0 Å². The molecule has 3 aromatic rings. The average Bonchev–Trinajstić information content (AvgIpc) is 3.43. The zero-order chi connectivity index (χ0) is 35.6. The van der Waals surface area contributed by atoms with Gasteiger partial charge in [0.1, 0.15) is 6.04 Å². The SMILES string of the molecule is CC[C@H](C)[C@@H](C(=O)N[C@@H](Cc1ccccc1)[C@H](O)CN(CC(C)C)S(=O)(=O)c1ccc(/C=N/O)cc1)N1CCN(Cc2cccnn2)C1=O. The van der Waals surface area contributed by atoms with Crippen LogP contribution in [0.5, 0.6) is 0 Å². The van der Waals surface area contributed by atoms with Gasteiger partial charge in [0.25, 0.3) is 0 Å². The lowest BCUT2D eigenvalue weighted by Gasteiger charge is -2.35. The molecule has 49 heavy (non-hydrogen) atoms. The van der Waals surface area contributed by atoms with Crippen LogP contribution in [0.4, 0.5) is 4.79 Å². The largest absolute Gasteiger partial charge is 0.411 e. The molecule has 0 saturated carbocycles. The fraction of sp³-hybridized carbons (Fsp3) is 0.457. The number of aliphatic hydroxyl groups excluding tert-OH is 1. The minimum Gasteiger partial charge on any atom is -0.411 e. The van der Waals surface area contributed by atoms with Gasteiger partial charge in [-0.05, 0) is 53.6 Å². The topological polar surface area (TPSA) is 169 Å². The second kappa shape index (κ2) is 17.3. The van der Waals surface area contributed by atoms with Gasteiger partial charge in [-0.25, -0.2) is 13.2 Å². The van der Waals surface area contributed by atoms with Gasteiger partial charge >= 0.3 is 6.03 Å². The quantitative estimate of drug-likeness (QED) is 0.110. The normalized spacial score (nSPS) is 16.3. The summed E-state index contributed by atoms with van der Waals surface area (Å²) >= 11 is 0. The number of aliphatic hydroxyl groups is 1. The fourth-order valence-electron chi connectivity index (χ4n) is 5.92. The molecule has 4 atom stereocenters. The molecule has 4 rings (SSSR count). The van der Waals surface area contributed by atoms with E-state index in [0.29, 0.717) is 30.8 Å². The van der Waals surface area contributed by atoms with Crippen LogP contribution in [0.3, 0.4) is 0 Å². The lowest BCUT2D eigenvalue weighted by atomic mass is 9.95.